The molecule has 6 nitrogen and oxygen atoms in total. The van der Waals surface area contributed by atoms with Crippen LogP contribution in [0, 0.1) is 0 Å². The number of aromatic hydroxyl groups is 1. The molecular weight excluding hydrogens is 401 g/mol. The SMILES string of the molecule is CC(C)(C)c1cc(CNCc2ccc3c(c2)OCO3)cc(C(C)(C)C)c1O.O=[PH2]O. The van der Waals surface area contributed by atoms with E-state index in [-0.39, 0.29) is 10.8 Å². The van der Waals surface area contributed by atoms with Crippen LogP contribution < -0.4 is 14.8 Å². The van der Waals surface area contributed by atoms with Gasteiger partial charge in [-0.1, -0.05) is 59.7 Å². The molecule has 3 rings (SSSR count). The molecule has 1 aliphatic heterocycles. The zero-order valence-corrected chi connectivity index (χ0v) is 19.9. The average molecular weight is 436 g/mol. The predicted octanol–water partition coefficient (Wildman–Crippen LogP) is 4.66. The lowest BCUT2D eigenvalue weighted by Gasteiger charge is -2.28. The number of benzene rings is 2. The molecular formula is C23H34NO5P. The van der Waals surface area contributed by atoms with E-state index in [0.29, 0.717) is 12.5 Å². The Labute approximate surface area is 180 Å². The van der Waals surface area contributed by atoms with E-state index in [2.05, 4.69) is 65.1 Å². The van der Waals surface area contributed by atoms with Crippen molar-refractivity contribution in [1.29, 1.82) is 0 Å². The van der Waals surface area contributed by atoms with E-state index in [0.717, 1.165) is 41.3 Å². The molecule has 1 unspecified atom stereocenters. The number of phenols is 1. The van der Waals surface area contributed by atoms with Crippen molar-refractivity contribution < 1.29 is 24.0 Å². The highest BCUT2D eigenvalue weighted by Gasteiger charge is 2.26. The molecule has 1 aliphatic rings. The summed E-state index contributed by atoms with van der Waals surface area (Å²) in [6.45, 7) is 14.6. The van der Waals surface area contributed by atoms with E-state index in [9.17, 15) is 5.11 Å². The third-order valence-corrected chi connectivity index (χ3v) is 4.88. The minimum atomic E-state index is -1.50. The van der Waals surface area contributed by atoms with E-state index in [1.54, 1.807) is 0 Å². The summed E-state index contributed by atoms with van der Waals surface area (Å²) in [5, 5.41) is 14.3. The van der Waals surface area contributed by atoms with Gasteiger partial charge in [0.25, 0.3) is 0 Å². The molecule has 1 atom stereocenters. The normalized spacial score (nSPS) is 13.4. The minimum Gasteiger partial charge on any atom is -0.507 e. The Morgan fingerprint density at radius 3 is 1.93 bits per heavy atom. The Hall–Kier alpha value is -2.01. The van der Waals surface area contributed by atoms with Crippen molar-refractivity contribution in [2.45, 2.75) is 65.5 Å². The molecule has 2 aromatic carbocycles. The highest BCUT2D eigenvalue weighted by molar-refractivity contribution is 7.16. The van der Waals surface area contributed by atoms with Crippen molar-refractivity contribution in [3.05, 3.63) is 52.6 Å². The van der Waals surface area contributed by atoms with Gasteiger partial charge in [0, 0.05) is 13.1 Å². The van der Waals surface area contributed by atoms with Crippen LogP contribution >= 0.6 is 8.69 Å². The number of rotatable bonds is 4. The summed E-state index contributed by atoms with van der Waals surface area (Å²) in [6, 6.07) is 10.3. The molecule has 2 aromatic rings. The lowest BCUT2D eigenvalue weighted by atomic mass is 9.78. The molecule has 0 radical (unpaired) electrons. The van der Waals surface area contributed by atoms with Crippen LogP contribution in [0.15, 0.2) is 30.3 Å². The summed E-state index contributed by atoms with van der Waals surface area (Å²) in [5.41, 5.74) is 4.10. The van der Waals surface area contributed by atoms with Crippen LogP contribution in [-0.2, 0) is 28.5 Å². The van der Waals surface area contributed by atoms with Crippen molar-refractivity contribution >= 4 is 8.69 Å². The molecule has 0 amide bonds. The fourth-order valence-electron chi connectivity index (χ4n) is 3.34. The second-order valence-electron chi connectivity index (χ2n) is 9.44. The van der Waals surface area contributed by atoms with Crippen LogP contribution in [0.2, 0.25) is 0 Å². The number of fused-ring (bicyclic) bond motifs is 1. The van der Waals surface area contributed by atoms with Gasteiger partial charge in [-0.05, 0) is 45.2 Å². The third kappa shape index (κ3) is 6.24. The van der Waals surface area contributed by atoms with Crippen LogP contribution in [0.5, 0.6) is 17.2 Å². The van der Waals surface area contributed by atoms with Gasteiger partial charge in [0.05, 0.1) is 0 Å². The molecule has 0 saturated carbocycles. The largest absolute Gasteiger partial charge is 0.507 e. The van der Waals surface area contributed by atoms with Gasteiger partial charge in [0.2, 0.25) is 6.79 Å². The smallest absolute Gasteiger partial charge is 0.231 e. The van der Waals surface area contributed by atoms with E-state index < -0.39 is 8.69 Å². The highest BCUT2D eigenvalue weighted by Crippen LogP contribution is 2.39. The van der Waals surface area contributed by atoms with Crippen LogP contribution in [0.3, 0.4) is 0 Å². The van der Waals surface area contributed by atoms with Gasteiger partial charge in [0.15, 0.2) is 20.2 Å². The van der Waals surface area contributed by atoms with Gasteiger partial charge < -0.3 is 24.8 Å². The molecule has 3 N–H and O–H groups in total. The van der Waals surface area contributed by atoms with Crippen molar-refractivity contribution in [1.82, 2.24) is 5.32 Å². The molecule has 30 heavy (non-hydrogen) atoms. The first-order valence-electron chi connectivity index (χ1n) is 10.0. The standard InChI is InChI=1S/C23H31NO3.H3O2P/c1-22(2,3)17-9-16(10-18(21(17)25)23(4,5)6)13-24-12-15-7-8-19-20(11-15)27-14-26-19;1-3-2/h7-11,24-25H,12-14H2,1-6H3;3H2,(H,1,2). The van der Waals surface area contributed by atoms with Gasteiger partial charge in [0.1, 0.15) is 5.75 Å². The van der Waals surface area contributed by atoms with Gasteiger partial charge in [-0.2, -0.15) is 0 Å². The summed E-state index contributed by atoms with van der Waals surface area (Å²) >= 11 is 0. The topological polar surface area (TPSA) is 88.0 Å². The molecule has 0 aromatic heterocycles. The van der Waals surface area contributed by atoms with E-state index in [1.807, 2.05) is 12.1 Å². The summed E-state index contributed by atoms with van der Waals surface area (Å²) in [7, 11) is -1.50. The lowest BCUT2D eigenvalue weighted by molar-refractivity contribution is 0.174. The molecule has 0 saturated heterocycles. The Bertz CT molecular complexity index is 849. The maximum Gasteiger partial charge on any atom is 0.231 e. The Kier molecular flexibility index (Phi) is 7.98. The van der Waals surface area contributed by atoms with Crippen molar-refractivity contribution in [3.63, 3.8) is 0 Å². The minimum absolute atomic E-state index is 0.114. The van der Waals surface area contributed by atoms with E-state index >= 15 is 0 Å². The molecule has 1 heterocycles. The maximum absolute atomic E-state index is 10.8. The van der Waals surface area contributed by atoms with Crippen LogP contribution in [0.25, 0.3) is 0 Å². The molecule has 166 valence electrons. The molecule has 0 spiro atoms. The number of phenolic OH excluding ortho intramolecular Hbond substituents is 1. The fourth-order valence-corrected chi connectivity index (χ4v) is 3.34. The number of hydrogen-bond acceptors (Lipinski definition) is 5. The summed E-state index contributed by atoms with van der Waals surface area (Å²) in [6.07, 6.45) is 0. The van der Waals surface area contributed by atoms with Crippen molar-refractivity contribution in [3.8, 4) is 17.2 Å². The molecule has 0 aliphatic carbocycles. The first-order valence-corrected chi connectivity index (χ1v) is 11.0. The molecule has 0 bridgehead atoms. The monoisotopic (exact) mass is 435 g/mol. The highest BCUT2D eigenvalue weighted by atomic mass is 31.1. The Morgan fingerprint density at radius 1 is 0.900 bits per heavy atom. The molecule has 7 heteroatoms. The Morgan fingerprint density at radius 2 is 1.40 bits per heavy atom. The second-order valence-corrected chi connectivity index (χ2v) is 9.65. The van der Waals surface area contributed by atoms with Crippen LogP contribution in [-0.4, -0.2) is 16.8 Å². The van der Waals surface area contributed by atoms with Gasteiger partial charge in [-0.3, -0.25) is 4.57 Å². The lowest BCUT2D eigenvalue weighted by Crippen LogP contribution is -2.19. The fraction of sp³-hybridized carbons (Fsp3) is 0.478. The second kappa shape index (κ2) is 9.86. The number of nitrogens with one attached hydrogen (secondary N) is 1. The zero-order chi connectivity index (χ0) is 22.5. The van der Waals surface area contributed by atoms with Crippen molar-refractivity contribution in [2.75, 3.05) is 6.79 Å². The average Bonchev–Trinajstić information content (AvgIpc) is 3.09. The first-order chi connectivity index (χ1) is 14.0. The van der Waals surface area contributed by atoms with Gasteiger partial charge in [-0.25, -0.2) is 0 Å². The summed E-state index contributed by atoms with van der Waals surface area (Å²) in [5.74, 6) is 2.04. The van der Waals surface area contributed by atoms with Gasteiger partial charge >= 0.3 is 0 Å². The third-order valence-electron chi connectivity index (χ3n) is 4.88. The van der Waals surface area contributed by atoms with Crippen molar-refractivity contribution in [2.24, 2.45) is 0 Å². The zero-order valence-electron chi connectivity index (χ0n) is 18.7. The van der Waals surface area contributed by atoms with E-state index in [1.165, 1.54) is 5.56 Å². The van der Waals surface area contributed by atoms with Crippen LogP contribution in [0.4, 0.5) is 0 Å². The predicted molar refractivity (Wildman–Crippen MR) is 121 cm³/mol. The quantitative estimate of drug-likeness (QED) is 0.606. The first kappa shape index (κ1) is 24.3. The van der Waals surface area contributed by atoms with Crippen LogP contribution in [0.1, 0.15) is 63.8 Å². The maximum atomic E-state index is 10.8. The summed E-state index contributed by atoms with van der Waals surface area (Å²) < 4.78 is 19.4. The van der Waals surface area contributed by atoms with Gasteiger partial charge in [-0.15, -0.1) is 0 Å². The molecule has 0 fully saturated rings. The Balaban J connectivity index is 0.00000101. The summed E-state index contributed by atoms with van der Waals surface area (Å²) in [4.78, 5) is 7.10. The van der Waals surface area contributed by atoms with E-state index in [4.69, 9.17) is 18.9 Å². The number of ether oxygens (including phenoxy) is 2. The number of hydrogen-bond donors (Lipinski definition) is 3.